The van der Waals surface area contributed by atoms with E-state index in [4.69, 9.17) is 32.9 Å². The number of carboxylic acids is 2. The molecule has 0 amide bonds. The number of fused-ring (bicyclic) bond motifs is 9. The van der Waals surface area contributed by atoms with Crippen molar-refractivity contribution < 1.29 is 36.9 Å². The van der Waals surface area contributed by atoms with Gasteiger partial charge in [0.05, 0.1) is 6.42 Å². The topological polar surface area (TPSA) is 131 Å². The van der Waals surface area contributed by atoms with Crippen molar-refractivity contribution in [3.05, 3.63) is 77.2 Å². The van der Waals surface area contributed by atoms with Crippen molar-refractivity contribution in [1.82, 2.24) is 15.0 Å². The third-order valence-corrected chi connectivity index (χ3v) is 11.8. The summed E-state index contributed by atoms with van der Waals surface area (Å²) in [4.78, 5) is 38.3. The molecule has 0 saturated carbocycles. The van der Waals surface area contributed by atoms with Crippen molar-refractivity contribution >= 4 is 66.7 Å². The maximum Gasteiger partial charge on any atom is 4.00 e. The van der Waals surface area contributed by atoms with Gasteiger partial charge in [-0.05, 0) is 69.6 Å². The SMILES string of the molecule is Cc1c2[n-]c(c1CCC(=O)O)/C=c1\[n-]c(c(C)\c1=C/CC(=O)O)/C=c1\[n-]/c(c(C)c1[C@H](C)S)=C\C1[N-]/C(=C\2)C(C)[C@]12[SH+]C2C.[Fe+4]. The molecular weight excluding hydrogens is 648 g/mol. The van der Waals surface area contributed by atoms with Crippen molar-refractivity contribution in [3.63, 3.8) is 0 Å². The smallest absolute Gasteiger partial charge is 0.677 e. The van der Waals surface area contributed by atoms with E-state index in [0.717, 1.165) is 55.1 Å². The number of aliphatic carboxylic acids is 2. The Morgan fingerprint density at radius 1 is 0.956 bits per heavy atom. The van der Waals surface area contributed by atoms with E-state index in [1.807, 2.05) is 32.9 Å². The maximum absolute atomic E-state index is 11.6. The molecule has 6 rings (SSSR count). The first-order valence-corrected chi connectivity index (χ1v) is 16.4. The zero-order valence-electron chi connectivity index (χ0n) is 26.1. The molecule has 8 nitrogen and oxygen atoms in total. The molecule has 0 aliphatic carbocycles. The first kappa shape index (κ1) is 33.4. The van der Waals surface area contributed by atoms with Crippen molar-refractivity contribution in [1.29, 1.82) is 0 Å². The molecule has 0 radical (unpaired) electrons. The van der Waals surface area contributed by atoms with Gasteiger partial charge in [-0.1, -0.05) is 53.5 Å². The van der Waals surface area contributed by atoms with E-state index < -0.39 is 11.9 Å². The van der Waals surface area contributed by atoms with Crippen LogP contribution in [0.4, 0.5) is 0 Å². The number of allylic oxidation sites excluding steroid dienone is 1. The molecule has 3 aromatic heterocycles. The van der Waals surface area contributed by atoms with Crippen LogP contribution < -0.4 is 36.2 Å². The van der Waals surface area contributed by atoms with Gasteiger partial charge in [0.1, 0.15) is 0 Å². The number of carboxylic acid groups (broad SMARTS) is 2. The zero-order valence-corrected chi connectivity index (χ0v) is 29.0. The van der Waals surface area contributed by atoms with Gasteiger partial charge < -0.3 is 30.5 Å². The van der Waals surface area contributed by atoms with E-state index in [2.05, 4.69) is 32.9 Å². The number of rotatable bonds is 6. The summed E-state index contributed by atoms with van der Waals surface area (Å²) in [6.07, 6.45) is 9.94. The Balaban J connectivity index is 0.00000400. The molecule has 2 saturated heterocycles. The summed E-state index contributed by atoms with van der Waals surface area (Å²) < 4.78 is 0.0105. The molecule has 8 bridgehead atoms. The molecule has 0 aromatic carbocycles. The second-order valence-corrected chi connectivity index (χ2v) is 14.8. The summed E-state index contributed by atoms with van der Waals surface area (Å²) in [6.45, 7) is 12.6. The van der Waals surface area contributed by atoms with Crippen LogP contribution in [0.1, 0.15) is 83.8 Å². The summed E-state index contributed by atoms with van der Waals surface area (Å²) in [5.74, 6) is -1.60. The maximum atomic E-state index is 11.6. The summed E-state index contributed by atoms with van der Waals surface area (Å²) in [5, 5.41) is 27.7. The Hall–Kier alpha value is -2.98. The average molecular weight is 686 g/mol. The van der Waals surface area contributed by atoms with E-state index in [1.54, 1.807) is 6.08 Å². The number of thiol groups is 2. The number of carbonyl (C=O) groups is 2. The van der Waals surface area contributed by atoms with Gasteiger partial charge >= 0.3 is 29.0 Å². The molecule has 11 heteroatoms. The van der Waals surface area contributed by atoms with Crippen LogP contribution in [-0.4, -0.2) is 38.2 Å². The molecular formula is C34H37FeN4O4S2+. The molecule has 3 aromatic rings. The molecule has 1 spiro atoms. The van der Waals surface area contributed by atoms with Gasteiger partial charge in [-0.2, -0.15) is 18.3 Å². The molecule has 5 atom stereocenters. The Labute approximate surface area is 282 Å². The normalized spacial score (nSPS) is 27.5. The van der Waals surface area contributed by atoms with Gasteiger partial charge in [-0.3, -0.25) is 9.59 Å². The fourth-order valence-electron chi connectivity index (χ4n) is 6.99. The molecule has 3 unspecified atom stereocenters. The predicted molar refractivity (Wildman–Crippen MR) is 179 cm³/mol. The van der Waals surface area contributed by atoms with Gasteiger partial charge in [0.2, 0.25) is 0 Å². The minimum Gasteiger partial charge on any atom is -0.677 e. The third-order valence-electron chi connectivity index (χ3n) is 9.55. The van der Waals surface area contributed by atoms with Crippen LogP contribution in [0, 0.1) is 26.7 Å². The molecule has 6 heterocycles. The second kappa shape index (κ2) is 12.3. The van der Waals surface area contributed by atoms with Gasteiger partial charge in [0.25, 0.3) is 0 Å². The number of hydrogen-bond donors (Lipinski definition) is 3. The minimum absolute atomic E-state index is 0. The Morgan fingerprint density at radius 3 is 2.24 bits per heavy atom. The van der Waals surface area contributed by atoms with Crippen molar-refractivity contribution in [2.24, 2.45) is 5.92 Å². The van der Waals surface area contributed by atoms with Crippen LogP contribution in [-0.2, 0) is 44.8 Å². The zero-order chi connectivity index (χ0) is 31.7. The molecule has 236 valence electrons. The number of aromatic nitrogens is 3. The van der Waals surface area contributed by atoms with E-state index in [9.17, 15) is 19.8 Å². The van der Waals surface area contributed by atoms with E-state index in [1.165, 1.54) is 11.8 Å². The Bertz CT molecular complexity index is 1990. The van der Waals surface area contributed by atoms with E-state index in [-0.39, 0.29) is 51.9 Å². The Kier molecular flexibility index (Phi) is 9.14. The largest absolute Gasteiger partial charge is 4.00 e. The van der Waals surface area contributed by atoms with Gasteiger partial charge in [-0.25, -0.2) is 0 Å². The predicted octanol–water partition coefficient (Wildman–Crippen LogP) is 1.88. The van der Waals surface area contributed by atoms with Crippen LogP contribution in [0.3, 0.4) is 0 Å². The Morgan fingerprint density at radius 2 is 1.62 bits per heavy atom. The fourth-order valence-corrected chi connectivity index (χ4v) is 8.93. The minimum atomic E-state index is -0.937. The summed E-state index contributed by atoms with van der Waals surface area (Å²) >= 11 is 6.20. The summed E-state index contributed by atoms with van der Waals surface area (Å²) in [5.41, 5.74) is 7.85. The van der Waals surface area contributed by atoms with Crippen molar-refractivity contribution in [2.75, 3.05) is 0 Å². The van der Waals surface area contributed by atoms with Crippen LogP contribution in [0.2, 0.25) is 0 Å². The first-order valence-electron chi connectivity index (χ1n) is 15.0. The molecule has 3 aliphatic heterocycles. The third kappa shape index (κ3) is 5.77. The molecule has 2 N–H and O–H groups in total. The fraction of sp³-hybridized carbons (Fsp3) is 0.412. The van der Waals surface area contributed by atoms with Crippen molar-refractivity contribution in [2.45, 2.75) is 82.1 Å². The monoisotopic (exact) mass is 685 g/mol. The van der Waals surface area contributed by atoms with Gasteiger partial charge in [0, 0.05) is 17.6 Å². The second-order valence-electron chi connectivity index (χ2n) is 12.2. The standard InChI is InChI=1S/C34H36N4O4S2.Fe/c1-15-21(7-9-31(39)40)27-13-28-22(8-10-32(41)42)16(2)24(36-28)12-29-33(19(5)43)17(3)25(37-29)14-30-34(20(6)44-34)18(4)26(38-30)11-23(15)35-27;/h8,11-14,18-20,30,43H,7,9-10H2,1-6H3,(H,39,40)(H,41,42);/q-4;+4/p+1/b22-8+,25-14-,26-11-,28-13-,29-12-;/t18?,19-,20?,30?,34+;/m0./s1. The summed E-state index contributed by atoms with van der Waals surface area (Å²) in [7, 11) is 0. The van der Waals surface area contributed by atoms with Gasteiger partial charge in [-0.15, -0.1) is 39.2 Å². The van der Waals surface area contributed by atoms with E-state index >= 15 is 0 Å². The summed E-state index contributed by atoms with van der Waals surface area (Å²) in [6, 6.07) is -0.0340. The van der Waals surface area contributed by atoms with Crippen molar-refractivity contribution in [3.8, 4) is 0 Å². The van der Waals surface area contributed by atoms with Crippen LogP contribution in [0.15, 0.2) is 5.70 Å². The average Bonchev–Trinajstić information content (AvgIpc) is 3.08. The molecule has 3 aliphatic rings. The molecule has 45 heavy (non-hydrogen) atoms. The van der Waals surface area contributed by atoms with E-state index in [0.29, 0.717) is 28.4 Å². The molecule has 2 fully saturated rings. The van der Waals surface area contributed by atoms with Gasteiger partial charge in [0.15, 0.2) is 10.00 Å². The quantitative estimate of drug-likeness (QED) is 0.156. The first-order chi connectivity index (χ1) is 20.8. The van der Waals surface area contributed by atoms with Crippen LogP contribution in [0.25, 0.3) is 35.7 Å². The van der Waals surface area contributed by atoms with Crippen LogP contribution in [0.5, 0.6) is 0 Å². The number of nitrogens with zero attached hydrogens (tertiary/aromatic N) is 4. The van der Waals surface area contributed by atoms with Crippen LogP contribution >= 0.6 is 12.6 Å². The number of hydrogen-bond acceptors (Lipinski definition) is 3.